The van der Waals surface area contributed by atoms with Gasteiger partial charge in [0.25, 0.3) is 0 Å². The molecule has 0 amide bonds. The second-order valence-corrected chi connectivity index (χ2v) is 4.17. The number of hydrogen-bond donors (Lipinski definition) is 1. The standard InChI is InChI=1S/C16H12O/c1-11(15-4-2-3-5-16(15)17)13-8-6-12-7-9-14(12)10-13/h2-10,17H,1H2. The lowest BCUT2D eigenvalue weighted by Gasteiger charge is -2.14. The Morgan fingerprint density at radius 2 is 1.71 bits per heavy atom. The maximum absolute atomic E-state index is 9.81. The number of fused-ring (bicyclic) bond motifs is 1. The third-order valence-corrected chi connectivity index (χ3v) is 3.11. The van der Waals surface area contributed by atoms with E-state index in [1.54, 1.807) is 6.07 Å². The van der Waals surface area contributed by atoms with Crippen LogP contribution in [-0.4, -0.2) is 5.11 Å². The van der Waals surface area contributed by atoms with Crippen molar-refractivity contribution in [2.75, 3.05) is 0 Å². The van der Waals surface area contributed by atoms with Crippen LogP contribution < -0.4 is 0 Å². The zero-order valence-corrected chi connectivity index (χ0v) is 9.35. The van der Waals surface area contributed by atoms with E-state index < -0.39 is 0 Å². The summed E-state index contributed by atoms with van der Waals surface area (Å²) >= 11 is 0. The summed E-state index contributed by atoms with van der Waals surface area (Å²) < 4.78 is 0. The molecule has 0 saturated carbocycles. The van der Waals surface area contributed by atoms with Gasteiger partial charge in [-0.1, -0.05) is 49.1 Å². The number of phenols is 1. The summed E-state index contributed by atoms with van der Waals surface area (Å²) in [6.45, 7) is 4.07. The topological polar surface area (TPSA) is 20.2 Å². The van der Waals surface area contributed by atoms with E-state index >= 15 is 0 Å². The van der Waals surface area contributed by atoms with Gasteiger partial charge in [-0.05, 0) is 34.4 Å². The number of hydrogen-bond acceptors (Lipinski definition) is 1. The molecule has 0 unspecified atom stereocenters. The minimum absolute atomic E-state index is 0.274. The van der Waals surface area contributed by atoms with Crippen LogP contribution in [0.1, 0.15) is 22.3 Å². The van der Waals surface area contributed by atoms with E-state index in [0.29, 0.717) is 0 Å². The third-order valence-electron chi connectivity index (χ3n) is 3.11. The Balaban J connectivity index is 2.03. The van der Waals surface area contributed by atoms with Crippen LogP contribution in [0.3, 0.4) is 0 Å². The Kier molecular flexibility index (Phi) is 2.12. The average Bonchev–Trinajstić information content (AvgIpc) is 2.31. The minimum atomic E-state index is 0.274. The molecular formula is C16H12O. The molecule has 0 aliphatic heterocycles. The molecule has 0 saturated heterocycles. The molecule has 17 heavy (non-hydrogen) atoms. The van der Waals surface area contributed by atoms with Crippen molar-refractivity contribution < 1.29 is 5.11 Å². The highest BCUT2D eigenvalue weighted by molar-refractivity contribution is 5.89. The largest absolute Gasteiger partial charge is 0.507 e. The maximum atomic E-state index is 9.81. The van der Waals surface area contributed by atoms with Crippen LogP contribution >= 0.6 is 0 Å². The molecule has 3 rings (SSSR count). The predicted octanol–water partition coefficient (Wildman–Crippen LogP) is 3.94. The fourth-order valence-corrected chi connectivity index (χ4v) is 2.03. The number of rotatable bonds is 2. The first kappa shape index (κ1) is 9.91. The van der Waals surface area contributed by atoms with E-state index in [9.17, 15) is 5.11 Å². The van der Waals surface area contributed by atoms with Crippen LogP contribution in [-0.2, 0) is 0 Å². The second-order valence-electron chi connectivity index (χ2n) is 4.17. The Morgan fingerprint density at radius 3 is 2.35 bits per heavy atom. The van der Waals surface area contributed by atoms with Crippen LogP contribution in [0.25, 0.3) is 17.7 Å². The van der Waals surface area contributed by atoms with Gasteiger partial charge in [0, 0.05) is 5.56 Å². The summed E-state index contributed by atoms with van der Waals surface area (Å²) in [6, 6.07) is 13.5. The molecule has 0 aromatic heterocycles. The van der Waals surface area contributed by atoms with Crippen molar-refractivity contribution in [1.29, 1.82) is 0 Å². The molecule has 1 nitrogen and oxygen atoms in total. The molecule has 0 fully saturated rings. The monoisotopic (exact) mass is 220 g/mol. The van der Waals surface area contributed by atoms with Gasteiger partial charge in [-0.3, -0.25) is 0 Å². The summed E-state index contributed by atoms with van der Waals surface area (Å²) in [5.74, 6) is 0.274. The van der Waals surface area contributed by atoms with Gasteiger partial charge in [0.15, 0.2) is 0 Å². The summed E-state index contributed by atoms with van der Waals surface area (Å²) in [5.41, 5.74) is 5.19. The first-order chi connectivity index (χ1) is 8.25. The lowest BCUT2D eigenvalue weighted by molar-refractivity contribution is 0.473. The van der Waals surface area contributed by atoms with Gasteiger partial charge in [-0.15, -0.1) is 0 Å². The molecule has 2 aromatic rings. The van der Waals surface area contributed by atoms with Gasteiger partial charge >= 0.3 is 0 Å². The molecule has 0 radical (unpaired) electrons. The van der Waals surface area contributed by atoms with Crippen molar-refractivity contribution in [3.8, 4) is 5.75 Å². The number of aromatic hydroxyl groups is 1. The van der Waals surface area contributed by atoms with Crippen LogP contribution in [0.2, 0.25) is 0 Å². The van der Waals surface area contributed by atoms with Gasteiger partial charge in [-0.25, -0.2) is 0 Å². The maximum Gasteiger partial charge on any atom is 0.123 e. The molecule has 0 bridgehead atoms. The molecule has 0 atom stereocenters. The van der Waals surface area contributed by atoms with E-state index in [1.165, 1.54) is 11.1 Å². The fourth-order valence-electron chi connectivity index (χ4n) is 2.03. The van der Waals surface area contributed by atoms with Crippen molar-refractivity contribution in [3.63, 3.8) is 0 Å². The van der Waals surface area contributed by atoms with Gasteiger partial charge in [0.2, 0.25) is 0 Å². The van der Waals surface area contributed by atoms with E-state index in [0.717, 1.165) is 16.7 Å². The molecule has 1 aliphatic rings. The molecule has 0 heterocycles. The summed E-state index contributed by atoms with van der Waals surface area (Å²) in [4.78, 5) is 0. The first-order valence-corrected chi connectivity index (χ1v) is 5.55. The van der Waals surface area contributed by atoms with E-state index in [-0.39, 0.29) is 5.75 Å². The van der Waals surface area contributed by atoms with Crippen LogP contribution in [0.15, 0.2) is 49.0 Å². The lowest BCUT2D eigenvalue weighted by Crippen LogP contribution is -1.93. The van der Waals surface area contributed by atoms with E-state index in [1.807, 2.05) is 24.3 Å². The minimum Gasteiger partial charge on any atom is -0.507 e. The highest BCUT2D eigenvalue weighted by atomic mass is 16.3. The van der Waals surface area contributed by atoms with Crippen LogP contribution in [0.4, 0.5) is 0 Å². The van der Waals surface area contributed by atoms with Crippen molar-refractivity contribution >= 4 is 17.7 Å². The van der Waals surface area contributed by atoms with Gasteiger partial charge in [0.05, 0.1) is 0 Å². The SMILES string of the molecule is C=C(c1ccc2c(c1)C=C2)c1ccccc1O. The van der Waals surface area contributed by atoms with Crippen LogP contribution in [0.5, 0.6) is 5.75 Å². The third kappa shape index (κ3) is 1.56. The van der Waals surface area contributed by atoms with Gasteiger partial charge in [-0.2, -0.15) is 0 Å². The number of phenolic OH excluding ortho intramolecular Hbond substituents is 1. The van der Waals surface area contributed by atoms with Crippen molar-refractivity contribution in [3.05, 3.63) is 71.3 Å². The van der Waals surface area contributed by atoms with Gasteiger partial charge in [0.1, 0.15) is 5.75 Å². The first-order valence-electron chi connectivity index (χ1n) is 5.55. The molecule has 1 aliphatic carbocycles. The van der Waals surface area contributed by atoms with Crippen LogP contribution in [0, 0.1) is 0 Å². The molecule has 2 aromatic carbocycles. The van der Waals surface area contributed by atoms with E-state index in [4.69, 9.17) is 0 Å². The predicted molar refractivity (Wildman–Crippen MR) is 71.6 cm³/mol. The smallest absolute Gasteiger partial charge is 0.123 e. The summed E-state index contributed by atoms with van der Waals surface area (Å²) in [7, 11) is 0. The Labute approximate surface area is 100 Å². The molecule has 0 spiro atoms. The van der Waals surface area contributed by atoms with Crippen molar-refractivity contribution in [2.24, 2.45) is 0 Å². The highest BCUT2D eigenvalue weighted by Crippen LogP contribution is 2.32. The summed E-state index contributed by atoms with van der Waals surface area (Å²) in [6.07, 6.45) is 4.17. The van der Waals surface area contributed by atoms with Crippen molar-refractivity contribution in [1.82, 2.24) is 0 Å². The van der Waals surface area contributed by atoms with Gasteiger partial charge < -0.3 is 5.11 Å². The molecule has 1 heteroatoms. The second kappa shape index (κ2) is 3.63. The quantitative estimate of drug-likeness (QED) is 0.693. The Bertz CT molecular complexity index is 636. The molecular weight excluding hydrogens is 208 g/mol. The van der Waals surface area contributed by atoms with E-state index in [2.05, 4.69) is 30.9 Å². The zero-order valence-electron chi connectivity index (χ0n) is 9.35. The average molecular weight is 220 g/mol. The highest BCUT2D eigenvalue weighted by Gasteiger charge is 2.10. The number of benzene rings is 2. The summed E-state index contributed by atoms with van der Waals surface area (Å²) in [5, 5.41) is 9.81. The fraction of sp³-hybridized carbons (Fsp3) is 0. The van der Waals surface area contributed by atoms with Crippen molar-refractivity contribution in [2.45, 2.75) is 0 Å². The normalized spacial score (nSPS) is 11.8. The Hall–Kier alpha value is -2.28. The zero-order chi connectivity index (χ0) is 11.8. The lowest BCUT2D eigenvalue weighted by atomic mass is 9.91. The molecule has 82 valence electrons. The molecule has 1 N–H and O–H groups in total. The number of para-hydroxylation sites is 1. The Morgan fingerprint density at radius 1 is 0.941 bits per heavy atom.